The van der Waals surface area contributed by atoms with E-state index in [1.807, 2.05) is 46.8 Å². The van der Waals surface area contributed by atoms with Gasteiger partial charge in [-0.15, -0.1) is 0 Å². The number of alkyl carbamates (subject to hydrolysis) is 1. The third-order valence-corrected chi connectivity index (χ3v) is 2.57. The number of carbonyl (C=O) groups excluding carboxylic acids is 1. The first-order chi connectivity index (χ1) is 9.11. The number of amides is 1. The minimum atomic E-state index is -0.505. The van der Waals surface area contributed by atoms with Gasteiger partial charge in [-0.2, -0.15) is 5.26 Å². The molecule has 1 amide bonds. The predicted octanol–water partition coefficient (Wildman–Crippen LogP) is 3.40. The molecule has 1 N–H and O–H groups in total. The number of rotatable bonds is 3. The number of ether oxygens (including phenoxy) is 1. The smallest absolute Gasteiger partial charge is 0.408 e. The van der Waals surface area contributed by atoms with Gasteiger partial charge in [0.1, 0.15) is 5.60 Å². The van der Waals surface area contributed by atoms with Crippen molar-refractivity contribution in [2.45, 2.75) is 52.2 Å². The highest BCUT2D eigenvalue weighted by Gasteiger charge is 2.24. The minimum absolute atomic E-state index is 0.420. The van der Waals surface area contributed by atoms with Crippen molar-refractivity contribution in [1.29, 1.82) is 5.26 Å². The van der Waals surface area contributed by atoms with Gasteiger partial charge in [0, 0.05) is 5.54 Å². The van der Waals surface area contributed by atoms with Crippen molar-refractivity contribution in [1.82, 2.24) is 5.32 Å². The molecule has 0 saturated carbocycles. The van der Waals surface area contributed by atoms with E-state index in [0.29, 0.717) is 12.0 Å². The highest BCUT2D eigenvalue weighted by molar-refractivity contribution is 5.68. The van der Waals surface area contributed by atoms with Crippen molar-refractivity contribution >= 4 is 6.09 Å². The fourth-order valence-corrected chi connectivity index (χ4v) is 1.83. The Morgan fingerprint density at radius 2 is 1.75 bits per heavy atom. The van der Waals surface area contributed by atoms with E-state index >= 15 is 0 Å². The number of benzene rings is 1. The Morgan fingerprint density at radius 1 is 1.20 bits per heavy atom. The molecule has 0 fully saturated rings. The zero-order chi connectivity index (χ0) is 15.4. The average Bonchev–Trinajstić information content (AvgIpc) is 2.25. The second kappa shape index (κ2) is 5.96. The monoisotopic (exact) mass is 274 g/mol. The van der Waals surface area contributed by atoms with Gasteiger partial charge in [-0.05, 0) is 58.7 Å². The Labute approximate surface area is 120 Å². The highest BCUT2D eigenvalue weighted by atomic mass is 16.6. The molecule has 108 valence electrons. The molecule has 0 bridgehead atoms. The molecule has 0 aliphatic heterocycles. The maximum atomic E-state index is 11.8. The summed E-state index contributed by atoms with van der Waals surface area (Å²) in [4.78, 5) is 11.8. The van der Waals surface area contributed by atoms with Crippen molar-refractivity contribution in [3.8, 4) is 6.07 Å². The third-order valence-electron chi connectivity index (χ3n) is 2.57. The third kappa shape index (κ3) is 5.75. The normalized spacial score (nSPS) is 11.6. The van der Waals surface area contributed by atoms with E-state index in [0.717, 1.165) is 5.56 Å². The molecule has 0 aliphatic carbocycles. The van der Waals surface area contributed by atoms with Gasteiger partial charge in [0.25, 0.3) is 0 Å². The van der Waals surface area contributed by atoms with Gasteiger partial charge in [0.2, 0.25) is 0 Å². The van der Waals surface area contributed by atoms with Crippen LogP contribution in [0.1, 0.15) is 45.7 Å². The Morgan fingerprint density at radius 3 is 2.20 bits per heavy atom. The fourth-order valence-electron chi connectivity index (χ4n) is 1.83. The van der Waals surface area contributed by atoms with Gasteiger partial charge < -0.3 is 10.1 Å². The summed E-state index contributed by atoms with van der Waals surface area (Å²) in [6.07, 6.45) is 0.244. The van der Waals surface area contributed by atoms with Crippen LogP contribution in [0.5, 0.6) is 0 Å². The molecular weight excluding hydrogens is 252 g/mol. The molecule has 0 aromatic heterocycles. The molecule has 0 aliphatic rings. The SMILES string of the molecule is CC(C)(Cc1ccc(C#N)cc1)NC(=O)OC(C)(C)C. The van der Waals surface area contributed by atoms with Crippen molar-refractivity contribution in [2.75, 3.05) is 0 Å². The Kier molecular flexibility index (Phi) is 4.78. The van der Waals surface area contributed by atoms with Crippen molar-refractivity contribution in [3.05, 3.63) is 35.4 Å². The van der Waals surface area contributed by atoms with E-state index in [4.69, 9.17) is 10.00 Å². The molecule has 4 heteroatoms. The van der Waals surface area contributed by atoms with Crippen LogP contribution in [-0.4, -0.2) is 17.2 Å². The van der Waals surface area contributed by atoms with Gasteiger partial charge >= 0.3 is 6.09 Å². The summed E-state index contributed by atoms with van der Waals surface area (Å²) in [5, 5.41) is 11.6. The summed E-state index contributed by atoms with van der Waals surface area (Å²) in [5.41, 5.74) is 0.766. The maximum Gasteiger partial charge on any atom is 0.408 e. The topological polar surface area (TPSA) is 62.1 Å². The molecule has 0 unspecified atom stereocenters. The number of hydrogen-bond donors (Lipinski definition) is 1. The summed E-state index contributed by atoms with van der Waals surface area (Å²) in [6.45, 7) is 9.38. The largest absolute Gasteiger partial charge is 0.444 e. The zero-order valence-electron chi connectivity index (χ0n) is 12.8. The van der Waals surface area contributed by atoms with Crippen LogP contribution in [0.15, 0.2) is 24.3 Å². The van der Waals surface area contributed by atoms with E-state index in [-0.39, 0.29) is 0 Å². The number of nitrogens with zero attached hydrogens (tertiary/aromatic N) is 1. The van der Waals surface area contributed by atoms with E-state index in [1.165, 1.54) is 0 Å². The van der Waals surface area contributed by atoms with E-state index in [9.17, 15) is 4.79 Å². The number of carbonyl (C=O) groups is 1. The second-order valence-corrected chi connectivity index (χ2v) is 6.50. The standard InChI is InChI=1S/C16H22N2O2/c1-15(2,3)20-14(19)18-16(4,5)10-12-6-8-13(11-17)9-7-12/h6-9H,10H2,1-5H3,(H,18,19). The first-order valence-corrected chi connectivity index (χ1v) is 6.61. The van der Waals surface area contributed by atoms with Crippen LogP contribution in [0.3, 0.4) is 0 Å². The number of hydrogen-bond acceptors (Lipinski definition) is 3. The molecule has 0 radical (unpaired) electrons. The minimum Gasteiger partial charge on any atom is -0.444 e. The van der Waals surface area contributed by atoms with Gasteiger partial charge in [0.05, 0.1) is 11.6 Å². The van der Waals surface area contributed by atoms with Gasteiger partial charge in [0.15, 0.2) is 0 Å². The van der Waals surface area contributed by atoms with Crippen LogP contribution < -0.4 is 5.32 Å². The molecule has 4 nitrogen and oxygen atoms in total. The number of nitriles is 1. The Balaban J connectivity index is 2.64. The molecule has 1 rings (SSSR count). The summed E-state index contributed by atoms with van der Waals surface area (Å²) in [5.74, 6) is 0. The summed E-state index contributed by atoms with van der Waals surface area (Å²) in [6, 6.07) is 9.44. The van der Waals surface area contributed by atoms with Crippen molar-refractivity contribution in [3.63, 3.8) is 0 Å². The molecule has 1 aromatic rings. The molecule has 0 heterocycles. The summed E-state index contributed by atoms with van der Waals surface area (Å²) >= 11 is 0. The first-order valence-electron chi connectivity index (χ1n) is 6.61. The van der Waals surface area contributed by atoms with E-state index in [2.05, 4.69) is 11.4 Å². The van der Waals surface area contributed by atoms with Crippen LogP contribution in [0.4, 0.5) is 4.79 Å². The second-order valence-electron chi connectivity index (χ2n) is 6.50. The van der Waals surface area contributed by atoms with E-state index < -0.39 is 17.2 Å². The summed E-state index contributed by atoms with van der Waals surface area (Å²) < 4.78 is 5.25. The van der Waals surface area contributed by atoms with Crippen LogP contribution in [0, 0.1) is 11.3 Å². The van der Waals surface area contributed by atoms with Crippen LogP contribution in [0.2, 0.25) is 0 Å². The maximum absolute atomic E-state index is 11.8. The quantitative estimate of drug-likeness (QED) is 0.918. The molecule has 20 heavy (non-hydrogen) atoms. The molecule has 0 saturated heterocycles. The molecule has 0 spiro atoms. The Hall–Kier alpha value is -2.02. The molecular formula is C16H22N2O2. The molecule has 1 aromatic carbocycles. The van der Waals surface area contributed by atoms with Gasteiger partial charge in [-0.3, -0.25) is 0 Å². The van der Waals surface area contributed by atoms with Crippen molar-refractivity contribution in [2.24, 2.45) is 0 Å². The number of nitrogens with one attached hydrogen (secondary N) is 1. The lowest BCUT2D eigenvalue weighted by atomic mass is 9.94. The lowest BCUT2D eigenvalue weighted by Gasteiger charge is -2.28. The van der Waals surface area contributed by atoms with Crippen LogP contribution >= 0.6 is 0 Å². The predicted molar refractivity (Wildman–Crippen MR) is 78.3 cm³/mol. The first kappa shape index (κ1) is 16.0. The van der Waals surface area contributed by atoms with E-state index in [1.54, 1.807) is 12.1 Å². The van der Waals surface area contributed by atoms with Gasteiger partial charge in [-0.25, -0.2) is 4.79 Å². The molecule has 0 atom stereocenters. The average molecular weight is 274 g/mol. The van der Waals surface area contributed by atoms with Crippen LogP contribution in [0.25, 0.3) is 0 Å². The Bertz CT molecular complexity index is 505. The lowest BCUT2D eigenvalue weighted by molar-refractivity contribution is 0.0472. The lowest BCUT2D eigenvalue weighted by Crippen LogP contribution is -2.47. The summed E-state index contributed by atoms with van der Waals surface area (Å²) in [7, 11) is 0. The van der Waals surface area contributed by atoms with Crippen LogP contribution in [-0.2, 0) is 11.2 Å². The fraction of sp³-hybridized carbons (Fsp3) is 0.500. The van der Waals surface area contributed by atoms with Crippen molar-refractivity contribution < 1.29 is 9.53 Å². The van der Waals surface area contributed by atoms with Gasteiger partial charge in [-0.1, -0.05) is 12.1 Å². The zero-order valence-corrected chi connectivity index (χ0v) is 12.8. The highest BCUT2D eigenvalue weighted by Crippen LogP contribution is 2.15.